The highest BCUT2D eigenvalue weighted by molar-refractivity contribution is 5.78. The summed E-state index contributed by atoms with van der Waals surface area (Å²) in [7, 11) is 0. The van der Waals surface area contributed by atoms with Gasteiger partial charge in [0.05, 0.1) is 6.42 Å². The minimum absolute atomic E-state index is 0.121. The molecule has 0 unspecified atom stereocenters. The molecule has 0 aliphatic heterocycles. The van der Waals surface area contributed by atoms with Crippen molar-refractivity contribution in [1.82, 2.24) is 5.32 Å². The van der Waals surface area contributed by atoms with Crippen molar-refractivity contribution >= 4 is 5.91 Å². The van der Waals surface area contributed by atoms with E-state index in [9.17, 15) is 4.79 Å². The molecule has 0 saturated carbocycles. The Hall–Kier alpha value is -1.01. The molecule has 0 atom stereocenters. The second-order valence-corrected chi connectivity index (χ2v) is 3.15. The Morgan fingerprint density at radius 3 is 2.64 bits per heavy atom. The van der Waals surface area contributed by atoms with Crippen LogP contribution < -0.4 is 11.1 Å². The lowest BCUT2D eigenvalue weighted by Gasteiger charge is -2.18. The van der Waals surface area contributed by atoms with E-state index in [1.54, 1.807) is 0 Å². The van der Waals surface area contributed by atoms with E-state index in [2.05, 4.69) is 11.2 Å². The van der Waals surface area contributed by atoms with Crippen LogP contribution in [0.25, 0.3) is 0 Å². The first-order valence-corrected chi connectivity index (χ1v) is 3.45. The first kappa shape index (κ1) is 9.99. The lowest BCUT2D eigenvalue weighted by Crippen LogP contribution is -2.44. The Bertz CT molecular complexity index is 174. The maximum Gasteiger partial charge on any atom is 0.232 e. The van der Waals surface area contributed by atoms with Crippen LogP contribution in [0.3, 0.4) is 0 Å². The first-order valence-electron chi connectivity index (χ1n) is 3.45. The Labute approximate surface area is 67.3 Å². The van der Waals surface area contributed by atoms with Gasteiger partial charge in [0, 0.05) is 12.1 Å². The van der Waals surface area contributed by atoms with Gasteiger partial charge in [-0.15, -0.1) is 6.42 Å². The number of hydrogen-bond donors (Lipinski definition) is 2. The van der Waals surface area contributed by atoms with Crippen molar-refractivity contribution in [2.45, 2.75) is 25.8 Å². The number of nitrogens with two attached hydrogens (primary N) is 1. The van der Waals surface area contributed by atoms with Gasteiger partial charge < -0.3 is 11.1 Å². The summed E-state index contributed by atoms with van der Waals surface area (Å²) < 4.78 is 0. The second kappa shape index (κ2) is 3.99. The summed E-state index contributed by atoms with van der Waals surface area (Å²) in [6, 6.07) is 0. The number of amides is 1. The molecule has 0 fully saturated rings. The summed E-state index contributed by atoms with van der Waals surface area (Å²) in [5.74, 6) is 2.10. The van der Waals surface area contributed by atoms with Gasteiger partial charge in [0.2, 0.25) is 5.91 Å². The quantitative estimate of drug-likeness (QED) is 0.556. The Kier molecular flexibility index (Phi) is 3.63. The van der Waals surface area contributed by atoms with Crippen molar-refractivity contribution in [2.75, 3.05) is 6.54 Å². The van der Waals surface area contributed by atoms with Crippen molar-refractivity contribution in [3.63, 3.8) is 0 Å². The zero-order valence-electron chi connectivity index (χ0n) is 6.98. The maximum atomic E-state index is 10.8. The highest BCUT2D eigenvalue weighted by Crippen LogP contribution is 1.92. The summed E-state index contributed by atoms with van der Waals surface area (Å²) in [5.41, 5.74) is 5.24. The molecule has 3 heteroatoms. The molecule has 0 aromatic heterocycles. The van der Waals surface area contributed by atoms with Gasteiger partial charge in [-0.05, 0) is 13.8 Å². The molecular formula is C8H14N2O. The highest BCUT2D eigenvalue weighted by atomic mass is 16.1. The largest absolute Gasteiger partial charge is 0.353 e. The standard InChI is InChI=1S/C8H14N2O/c1-4-5-7(11)10-6-8(2,3)9/h1H,5-6,9H2,2-3H3,(H,10,11). The Morgan fingerprint density at radius 2 is 2.27 bits per heavy atom. The molecule has 0 radical (unpaired) electrons. The highest BCUT2D eigenvalue weighted by Gasteiger charge is 2.10. The van der Waals surface area contributed by atoms with Gasteiger partial charge in [-0.25, -0.2) is 0 Å². The van der Waals surface area contributed by atoms with Gasteiger partial charge in [-0.3, -0.25) is 4.79 Å². The van der Waals surface area contributed by atoms with Crippen LogP contribution in [0.2, 0.25) is 0 Å². The molecule has 0 aliphatic carbocycles. The molecule has 0 aliphatic rings. The van der Waals surface area contributed by atoms with E-state index in [1.807, 2.05) is 13.8 Å². The summed E-state index contributed by atoms with van der Waals surface area (Å²) in [5, 5.41) is 2.62. The molecule has 0 heterocycles. The minimum atomic E-state index is -0.371. The predicted octanol–water partition coefficient (Wildman–Crippen LogP) is -0.137. The summed E-state index contributed by atoms with van der Waals surface area (Å²) >= 11 is 0. The van der Waals surface area contributed by atoms with Crippen molar-refractivity contribution in [2.24, 2.45) is 5.73 Å². The predicted molar refractivity (Wildman–Crippen MR) is 44.7 cm³/mol. The molecule has 3 nitrogen and oxygen atoms in total. The monoisotopic (exact) mass is 154 g/mol. The smallest absolute Gasteiger partial charge is 0.232 e. The van der Waals surface area contributed by atoms with E-state index in [4.69, 9.17) is 12.2 Å². The first-order chi connectivity index (χ1) is 4.95. The number of terminal acetylenes is 1. The Morgan fingerprint density at radius 1 is 1.73 bits per heavy atom. The van der Waals surface area contributed by atoms with Crippen molar-refractivity contribution in [1.29, 1.82) is 0 Å². The number of carbonyl (C=O) groups is 1. The molecule has 0 bridgehead atoms. The van der Waals surface area contributed by atoms with E-state index >= 15 is 0 Å². The van der Waals surface area contributed by atoms with Crippen LogP contribution in [0.15, 0.2) is 0 Å². The topological polar surface area (TPSA) is 55.1 Å². The molecular weight excluding hydrogens is 140 g/mol. The Balaban J connectivity index is 3.57. The van der Waals surface area contributed by atoms with Crippen LogP contribution in [0.5, 0.6) is 0 Å². The molecule has 11 heavy (non-hydrogen) atoms. The normalized spacial score (nSPS) is 10.4. The number of rotatable bonds is 3. The van der Waals surface area contributed by atoms with Crippen LogP contribution in [-0.2, 0) is 4.79 Å². The van der Waals surface area contributed by atoms with Crippen molar-refractivity contribution in [3.05, 3.63) is 0 Å². The van der Waals surface area contributed by atoms with Crippen LogP contribution in [0.1, 0.15) is 20.3 Å². The van der Waals surface area contributed by atoms with Gasteiger partial charge in [-0.2, -0.15) is 0 Å². The van der Waals surface area contributed by atoms with Crippen LogP contribution in [0, 0.1) is 12.3 Å². The minimum Gasteiger partial charge on any atom is -0.353 e. The molecule has 0 rings (SSSR count). The van der Waals surface area contributed by atoms with E-state index < -0.39 is 0 Å². The van der Waals surface area contributed by atoms with Gasteiger partial charge in [0.15, 0.2) is 0 Å². The van der Waals surface area contributed by atoms with Crippen LogP contribution in [0.4, 0.5) is 0 Å². The van der Waals surface area contributed by atoms with Crippen molar-refractivity contribution < 1.29 is 4.79 Å². The summed E-state index contributed by atoms with van der Waals surface area (Å²) in [6.07, 6.45) is 5.05. The van der Waals surface area contributed by atoms with Gasteiger partial charge in [0.25, 0.3) is 0 Å². The van der Waals surface area contributed by atoms with E-state index in [0.717, 1.165) is 0 Å². The lowest BCUT2D eigenvalue weighted by molar-refractivity contribution is -0.120. The SMILES string of the molecule is C#CCC(=O)NCC(C)(C)N. The molecule has 0 spiro atoms. The van der Waals surface area contributed by atoms with E-state index in [0.29, 0.717) is 6.54 Å². The lowest BCUT2D eigenvalue weighted by atomic mass is 10.1. The zero-order chi connectivity index (χ0) is 8.91. The fourth-order valence-corrected chi connectivity index (χ4v) is 0.482. The molecule has 1 amide bonds. The molecule has 62 valence electrons. The van der Waals surface area contributed by atoms with Gasteiger partial charge in [-0.1, -0.05) is 5.92 Å². The molecule has 0 aromatic rings. The number of carbonyl (C=O) groups excluding carboxylic acids is 1. The fourth-order valence-electron chi connectivity index (χ4n) is 0.482. The second-order valence-electron chi connectivity index (χ2n) is 3.15. The van der Waals surface area contributed by atoms with E-state index in [1.165, 1.54) is 0 Å². The third-order valence-electron chi connectivity index (χ3n) is 1.00. The zero-order valence-corrected chi connectivity index (χ0v) is 6.98. The third-order valence-corrected chi connectivity index (χ3v) is 1.00. The summed E-state index contributed by atoms with van der Waals surface area (Å²) in [4.78, 5) is 10.8. The molecule has 0 aromatic carbocycles. The van der Waals surface area contributed by atoms with Gasteiger partial charge in [0.1, 0.15) is 0 Å². The molecule has 3 N–H and O–H groups in total. The average Bonchev–Trinajstić information content (AvgIpc) is 1.83. The maximum absolute atomic E-state index is 10.8. The van der Waals surface area contributed by atoms with Crippen molar-refractivity contribution in [3.8, 4) is 12.3 Å². The number of hydrogen-bond acceptors (Lipinski definition) is 2. The fraction of sp³-hybridized carbons (Fsp3) is 0.625. The van der Waals surface area contributed by atoms with Gasteiger partial charge >= 0.3 is 0 Å². The van der Waals surface area contributed by atoms with Crippen LogP contribution in [-0.4, -0.2) is 18.0 Å². The number of nitrogens with one attached hydrogen (secondary N) is 1. The molecule has 0 saturated heterocycles. The third kappa shape index (κ3) is 6.88. The van der Waals surface area contributed by atoms with E-state index in [-0.39, 0.29) is 17.9 Å². The average molecular weight is 154 g/mol. The summed E-state index contributed by atoms with van der Waals surface area (Å²) in [6.45, 7) is 4.12. The van der Waals surface area contributed by atoms with Crippen LogP contribution >= 0.6 is 0 Å².